The molecule has 4 nitrogen and oxygen atoms in total. The summed E-state index contributed by atoms with van der Waals surface area (Å²) in [6, 6.07) is 5.15. The van der Waals surface area contributed by atoms with E-state index in [1.54, 1.807) is 19.2 Å². The zero-order valence-electron chi connectivity index (χ0n) is 9.27. The van der Waals surface area contributed by atoms with Crippen molar-refractivity contribution < 1.29 is 9.66 Å². The van der Waals surface area contributed by atoms with Crippen LogP contribution in [0.25, 0.3) is 0 Å². The molecule has 5 heteroatoms. The number of nitro groups is 1. The molecular formula is C11H14BrNO3. The summed E-state index contributed by atoms with van der Waals surface area (Å²) in [5.41, 5.74) is 1.94. The van der Waals surface area contributed by atoms with Crippen molar-refractivity contribution in [3.63, 3.8) is 0 Å². The zero-order valence-corrected chi connectivity index (χ0v) is 10.9. The van der Waals surface area contributed by atoms with Crippen LogP contribution < -0.4 is 0 Å². The van der Waals surface area contributed by atoms with Crippen LogP contribution in [0.4, 0.5) is 5.69 Å². The van der Waals surface area contributed by atoms with Gasteiger partial charge in [-0.15, -0.1) is 0 Å². The first-order valence-corrected chi connectivity index (χ1v) is 5.83. The predicted molar refractivity (Wildman–Crippen MR) is 66.1 cm³/mol. The minimum absolute atomic E-state index is 0.0954. The Morgan fingerprint density at radius 2 is 2.25 bits per heavy atom. The molecule has 1 aromatic carbocycles. The number of nitrogens with zero attached hydrogens (tertiary/aromatic N) is 1. The second kappa shape index (κ2) is 5.96. The molecule has 0 saturated carbocycles. The van der Waals surface area contributed by atoms with E-state index in [2.05, 4.69) is 15.9 Å². The normalized spacial score (nSPS) is 12.4. The van der Waals surface area contributed by atoms with Crippen LogP contribution in [-0.2, 0) is 11.2 Å². The third-order valence-electron chi connectivity index (χ3n) is 2.22. The molecule has 16 heavy (non-hydrogen) atoms. The van der Waals surface area contributed by atoms with Gasteiger partial charge in [-0.2, -0.15) is 0 Å². The molecular weight excluding hydrogens is 274 g/mol. The minimum atomic E-state index is -0.346. The highest BCUT2D eigenvalue weighted by Gasteiger charge is 2.16. The molecule has 1 aromatic rings. The lowest BCUT2D eigenvalue weighted by molar-refractivity contribution is -0.385. The summed E-state index contributed by atoms with van der Waals surface area (Å²) in [5, 5.41) is 10.8. The molecule has 0 spiro atoms. The smallest absolute Gasteiger partial charge is 0.272 e. The Balaban J connectivity index is 2.92. The zero-order chi connectivity index (χ0) is 12.1. The molecule has 0 saturated heterocycles. The van der Waals surface area contributed by atoms with E-state index in [0.29, 0.717) is 13.0 Å². The van der Waals surface area contributed by atoms with Crippen LogP contribution in [0.15, 0.2) is 18.2 Å². The molecule has 1 unspecified atom stereocenters. The maximum Gasteiger partial charge on any atom is 0.272 e. The molecule has 1 atom stereocenters. The van der Waals surface area contributed by atoms with Crippen molar-refractivity contribution in [2.24, 2.45) is 0 Å². The molecule has 0 bridgehead atoms. The number of alkyl halides is 1. The Morgan fingerprint density at radius 1 is 1.56 bits per heavy atom. The molecule has 88 valence electrons. The van der Waals surface area contributed by atoms with Crippen molar-refractivity contribution in [1.82, 2.24) is 0 Å². The Hall–Kier alpha value is -0.940. The summed E-state index contributed by atoms with van der Waals surface area (Å²) in [6.45, 7) is 2.46. The average Bonchev–Trinajstić information content (AvgIpc) is 2.17. The van der Waals surface area contributed by atoms with E-state index in [4.69, 9.17) is 4.74 Å². The maximum absolute atomic E-state index is 10.8. The quantitative estimate of drug-likeness (QED) is 0.475. The molecule has 0 aromatic heterocycles. The van der Waals surface area contributed by atoms with Gasteiger partial charge in [-0.1, -0.05) is 27.6 Å². The number of hydrogen-bond acceptors (Lipinski definition) is 3. The van der Waals surface area contributed by atoms with Gasteiger partial charge in [0.05, 0.1) is 11.5 Å². The Labute approximate surface area is 103 Å². The molecule has 0 radical (unpaired) electrons. The van der Waals surface area contributed by atoms with Crippen LogP contribution in [0, 0.1) is 17.0 Å². The molecule has 0 aliphatic rings. The SMILES string of the molecule is COCC(Br)Cc1cc(C)ccc1[N+](=O)[O-]. The lowest BCUT2D eigenvalue weighted by Crippen LogP contribution is -2.11. The first-order chi connectivity index (χ1) is 7.54. The summed E-state index contributed by atoms with van der Waals surface area (Å²) in [5.74, 6) is 0. The van der Waals surface area contributed by atoms with Crippen molar-refractivity contribution in [3.8, 4) is 0 Å². The fourth-order valence-electron chi connectivity index (χ4n) is 1.53. The van der Waals surface area contributed by atoms with E-state index in [0.717, 1.165) is 11.1 Å². The summed E-state index contributed by atoms with van der Waals surface area (Å²) in [4.78, 5) is 10.6. The summed E-state index contributed by atoms with van der Waals surface area (Å²) in [6.07, 6.45) is 0.589. The average molecular weight is 288 g/mol. The van der Waals surface area contributed by atoms with Crippen LogP contribution in [0.3, 0.4) is 0 Å². The number of nitro benzene ring substituents is 1. The monoisotopic (exact) mass is 287 g/mol. The van der Waals surface area contributed by atoms with Crippen LogP contribution >= 0.6 is 15.9 Å². The van der Waals surface area contributed by atoms with Gasteiger partial charge >= 0.3 is 0 Å². The van der Waals surface area contributed by atoms with Gasteiger partial charge in [0, 0.05) is 23.6 Å². The van der Waals surface area contributed by atoms with Crippen LogP contribution in [0.5, 0.6) is 0 Å². The lowest BCUT2D eigenvalue weighted by atomic mass is 10.0. The molecule has 0 N–H and O–H groups in total. The molecule has 0 heterocycles. The van der Waals surface area contributed by atoms with E-state index in [1.165, 1.54) is 0 Å². The third kappa shape index (κ3) is 3.57. The van der Waals surface area contributed by atoms with Crippen molar-refractivity contribution in [2.75, 3.05) is 13.7 Å². The van der Waals surface area contributed by atoms with Gasteiger partial charge in [0.1, 0.15) is 0 Å². The van der Waals surface area contributed by atoms with Gasteiger partial charge in [-0.05, 0) is 19.4 Å². The maximum atomic E-state index is 10.8. The van der Waals surface area contributed by atoms with E-state index in [9.17, 15) is 10.1 Å². The fraction of sp³-hybridized carbons (Fsp3) is 0.455. The largest absolute Gasteiger partial charge is 0.384 e. The van der Waals surface area contributed by atoms with Gasteiger partial charge in [0.25, 0.3) is 5.69 Å². The minimum Gasteiger partial charge on any atom is -0.384 e. The van der Waals surface area contributed by atoms with Crippen molar-refractivity contribution in [1.29, 1.82) is 0 Å². The highest BCUT2D eigenvalue weighted by Crippen LogP contribution is 2.23. The fourth-order valence-corrected chi connectivity index (χ4v) is 2.15. The number of hydrogen-bond donors (Lipinski definition) is 0. The summed E-state index contributed by atoms with van der Waals surface area (Å²) >= 11 is 3.44. The van der Waals surface area contributed by atoms with Crippen LogP contribution in [-0.4, -0.2) is 23.5 Å². The predicted octanol–water partition coefficient (Wildman–Crippen LogP) is 2.86. The number of halogens is 1. The molecule has 0 amide bonds. The van der Waals surface area contributed by atoms with E-state index in [-0.39, 0.29) is 15.4 Å². The second-order valence-corrected chi connectivity index (χ2v) is 4.94. The van der Waals surface area contributed by atoms with Crippen LogP contribution in [0.2, 0.25) is 0 Å². The van der Waals surface area contributed by atoms with Gasteiger partial charge in [-0.25, -0.2) is 0 Å². The van der Waals surface area contributed by atoms with Crippen molar-refractivity contribution in [2.45, 2.75) is 18.2 Å². The Kier molecular flexibility index (Phi) is 4.89. The highest BCUT2D eigenvalue weighted by molar-refractivity contribution is 9.09. The molecule has 1 rings (SSSR count). The Bertz CT molecular complexity index is 381. The van der Waals surface area contributed by atoms with Crippen molar-refractivity contribution in [3.05, 3.63) is 39.4 Å². The second-order valence-electron chi connectivity index (χ2n) is 3.65. The summed E-state index contributed by atoms with van der Waals surface area (Å²) < 4.78 is 4.99. The molecule has 0 aliphatic heterocycles. The number of aryl methyl sites for hydroxylation is 1. The number of methoxy groups -OCH3 is 1. The number of rotatable bonds is 5. The number of benzene rings is 1. The first kappa shape index (κ1) is 13.1. The van der Waals surface area contributed by atoms with E-state index in [1.807, 2.05) is 13.0 Å². The van der Waals surface area contributed by atoms with E-state index < -0.39 is 0 Å². The number of ether oxygens (including phenoxy) is 1. The van der Waals surface area contributed by atoms with E-state index >= 15 is 0 Å². The Morgan fingerprint density at radius 3 is 2.81 bits per heavy atom. The van der Waals surface area contributed by atoms with Crippen LogP contribution in [0.1, 0.15) is 11.1 Å². The highest BCUT2D eigenvalue weighted by atomic mass is 79.9. The van der Waals surface area contributed by atoms with Gasteiger partial charge < -0.3 is 4.74 Å². The summed E-state index contributed by atoms with van der Waals surface area (Å²) in [7, 11) is 1.61. The topological polar surface area (TPSA) is 52.4 Å². The van der Waals surface area contributed by atoms with Gasteiger partial charge in [0.15, 0.2) is 0 Å². The third-order valence-corrected chi connectivity index (χ3v) is 2.81. The first-order valence-electron chi connectivity index (χ1n) is 4.91. The standard InChI is InChI=1S/C11H14BrNO3/c1-8-3-4-11(13(14)15)9(5-8)6-10(12)7-16-2/h3-5,10H,6-7H2,1-2H3. The molecule has 0 fully saturated rings. The van der Waals surface area contributed by atoms with Crippen molar-refractivity contribution >= 4 is 21.6 Å². The lowest BCUT2D eigenvalue weighted by Gasteiger charge is -2.09. The van der Waals surface area contributed by atoms with Gasteiger partial charge in [0.2, 0.25) is 0 Å². The molecule has 0 aliphatic carbocycles. The van der Waals surface area contributed by atoms with Gasteiger partial charge in [-0.3, -0.25) is 10.1 Å².